The summed E-state index contributed by atoms with van der Waals surface area (Å²) in [5.41, 5.74) is 2.57. The van der Waals surface area contributed by atoms with Crippen LogP contribution in [0.2, 0.25) is 0 Å². The molecule has 0 atom stereocenters. The first-order chi connectivity index (χ1) is 17.7. The summed E-state index contributed by atoms with van der Waals surface area (Å²) in [4.78, 5) is 41.8. The number of fused-ring (bicyclic) bond motifs is 2. The van der Waals surface area contributed by atoms with Gasteiger partial charge in [-0.1, -0.05) is 84.9 Å². The lowest BCUT2D eigenvalue weighted by molar-refractivity contribution is 0.103. The van der Waals surface area contributed by atoms with Crippen molar-refractivity contribution in [2.24, 2.45) is 0 Å². The lowest BCUT2D eigenvalue weighted by Crippen LogP contribution is -2.24. The van der Waals surface area contributed by atoms with Crippen molar-refractivity contribution in [2.75, 3.05) is 0 Å². The van der Waals surface area contributed by atoms with E-state index in [1.54, 1.807) is 24.3 Å². The van der Waals surface area contributed by atoms with Crippen molar-refractivity contribution in [3.63, 3.8) is 0 Å². The van der Waals surface area contributed by atoms with Gasteiger partial charge in [0.05, 0.1) is 22.5 Å². The minimum absolute atomic E-state index is 0.0132. The van der Waals surface area contributed by atoms with Gasteiger partial charge in [0.25, 0.3) is 11.1 Å². The van der Waals surface area contributed by atoms with E-state index in [1.165, 1.54) is 9.13 Å². The summed E-state index contributed by atoms with van der Waals surface area (Å²) in [7, 11) is 0. The van der Waals surface area contributed by atoms with Crippen LogP contribution in [0.5, 0.6) is 0 Å². The summed E-state index contributed by atoms with van der Waals surface area (Å²) in [5, 5.41) is 0. The Bertz CT molecular complexity index is 1650. The molecule has 2 aliphatic carbocycles. The van der Waals surface area contributed by atoms with Crippen LogP contribution in [-0.2, 0) is 0 Å². The second-order valence-corrected chi connectivity index (χ2v) is 8.45. The summed E-state index contributed by atoms with van der Waals surface area (Å²) in [5.74, 6) is -0.582. The molecule has 0 aromatic heterocycles. The number of rotatable bonds is 4. The molecule has 36 heavy (non-hydrogen) atoms. The normalized spacial score (nSPS) is 11.1. The molecule has 0 saturated carbocycles. The molecule has 0 radical (unpaired) electrons. The van der Waals surface area contributed by atoms with E-state index in [-0.39, 0.29) is 11.1 Å². The fourth-order valence-corrected chi connectivity index (χ4v) is 4.79. The Kier molecular flexibility index (Phi) is 5.16. The van der Waals surface area contributed by atoms with Gasteiger partial charge in [-0.15, -0.1) is 0 Å². The predicted octanol–water partition coefficient (Wildman–Crippen LogP) is 5.43. The van der Waals surface area contributed by atoms with Crippen molar-refractivity contribution in [1.29, 1.82) is 0 Å². The predicted molar refractivity (Wildman–Crippen MR) is 141 cm³/mol. The van der Waals surface area contributed by atoms with Crippen LogP contribution in [0.3, 0.4) is 0 Å². The average molecular weight is 469 g/mol. The number of benzene rings is 2. The quantitative estimate of drug-likeness (QED) is 0.324. The van der Waals surface area contributed by atoms with Gasteiger partial charge in [-0.25, -0.2) is 0 Å². The Balaban J connectivity index is 1.66. The average Bonchev–Trinajstić information content (AvgIpc) is 3.10. The Hall–Kier alpha value is -5.03. The monoisotopic (exact) mass is 468 g/mol. The number of carbonyl (C=O) groups excluding carboxylic acids is 1. The zero-order valence-electron chi connectivity index (χ0n) is 19.2. The van der Waals surface area contributed by atoms with Crippen LogP contribution in [-0.4, -0.2) is 14.9 Å². The van der Waals surface area contributed by atoms with E-state index in [2.05, 4.69) is 0 Å². The van der Waals surface area contributed by atoms with Crippen molar-refractivity contribution in [3.05, 3.63) is 153 Å². The molecule has 2 aromatic carbocycles. The third kappa shape index (κ3) is 3.29. The largest absolute Gasteiger partial charge is 0.288 e. The highest BCUT2D eigenvalue weighted by Gasteiger charge is 2.32. The van der Waals surface area contributed by atoms with Crippen LogP contribution in [0.4, 0.5) is 0 Å². The second-order valence-electron chi connectivity index (χ2n) is 8.45. The summed E-state index contributed by atoms with van der Waals surface area (Å²) >= 11 is 0. The van der Waals surface area contributed by atoms with Crippen molar-refractivity contribution >= 4 is 5.78 Å². The maximum absolute atomic E-state index is 14.2. The van der Waals surface area contributed by atoms with Gasteiger partial charge in [-0.05, 0) is 36.4 Å². The van der Waals surface area contributed by atoms with Gasteiger partial charge >= 0.3 is 0 Å². The van der Waals surface area contributed by atoms with Crippen molar-refractivity contribution in [2.45, 2.75) is 0 Å². The molecule has 5 nitrogen and oxygen atoms in total. The van der Waals surface area contributed by atoms with Crippen molar-refractivity contribution < 1.29 is 4.79 Å². The molecule has 0 bridgehead atoms. The number of hydrogen-bond donors (Lipinski definition) is 0. The van der Waals surface area contributed by atoms with Gasteiger partial charge in [-0.2, -0.15) is 0 Å². The van der Waals surface area contributed by atoms with Gasteiger partial charge in [0.2, 0.25) is 5.78 Å². The minimum Gasteiger partial charge on any atom is -0.288 e. The Morgan fingerprint density at radius 2 is 0.778 bits per heavy atom. The highest BCUT2D eigenvalue weighted by molar-refractivity contribution is 6.16. The van der Waals surface area contributed by atoms with Crippen LogP contribution in [0.15, 0.2) is 131 Å². The number of para-hydroxylation sites is 2. The van der Waals surface area contributed by atoms with E-state index in [0.717, 1.165) is 0 Å². The summed E-state index contributed by atoms with van der Waals surface area (Å²) < 4.78 is 3.06. The molecule has 0 saturated heterocycles. The van der Waals surface area contributed by atoms with Crippen LogP contribution in [0.25, 0.3) is 33.9 Å². The zero-order chi connectivity index (χ0) is 24.6. The highest BCUT2D eigenvalue weighted by Crippen LogP contribution is 2.32. The molecule has 5 heteroatoms. The molecule has 0 fully saturated rings. The van der Waals surface area contributed by atoms with Crippen LogP contribution < -0.4 is 11.1 Å². The summed E-state index contributed by atoms with van der Waals surface area (Å²) in [6.45, 7) is 0. The lowest BCUT2D eigenvalue weighted by atomic mass is 9.99. The standard InChI is InChI=1S/C31H20N2O3/c34-29(27-23-17-9-3-11-19-25(23)32(30(27)35)21-13-5-1-6-14-21)28-24-18-10-4-12-20-26(24)33(31(28)36)22-15-7-2-8-16-22/h1-20H. The molecule has 2 aromatic rings. The number of carbonyl (C=O) groups is 1. The first kappa shape index (κ1) is 21.5. The SMILES string of the molecule is O=C(c1c2cccccc-2n(-c2ccccc2)c1=O)c1c2cccccc-2n(-c2ccccc2)c1=O. The van der Waals surface area contributed by atoms with Gasteiger partial charge in [-0.3, -0.25) is 23.5 Å². The summed E-state index contributed by atoms with van der Waals surface area (Å²) in [6.07, 6.45) is 0. The molecule has 2 aliphatic heterocycles. The zero-order valence-corrected chi connectivity index (χ0v) is 19.2. The Morgan fingerprint density at radius 1 is 0.444 bits per heavy atom. The number of hydrogen-bond acceptors (Lipinski definition) is 3. The van der Waals surface area contributed by atoms with E-state index < -0.39 is 16.9 Å². The van der Waals surface area contributed by atoms with Gasteiger partial charge in [0, 0.05) is 22.5 Å². The second kappa shape index (κ2) is 8.64. The fraction of sp³-hybridized carbons (Fsp3) is 0. The maximum atomic E-state index is 14.2. The molecule has 0 amide bonds. The Labute approximate surface area is 206 Å². The first-order valence-electron chi connectivity index (χ1n) is 11.6. The van der Waals surface area contributed by atoms with E-state index in [4.69, 9.17) is 0 Å². The van der Waals surface area contributed by atoms with E-state index >= 15 is 0 Å². The molecule has 172 valence electrons. The smallest absolute Gasteiger partial charge is 0.267 e. The van der Waals surface area contributed by atoms with Crippen LogP contribution in [0, 0.1) is 0 Å². The van der Waals surface area contributed by atoms with Gasteiger partial charge in [0.1, 0.15) is 0 Å². The Morgan fingerprint density at radius 3 is 1.17 bits per heavy atom. The van der Waals surface area contributed by atoms with Gasteiger partial charge in [0.15, 0.2) is 0 Å². The van der Waals surface area contributed by atoms with E-state index in [1.807, 2.05) is 97.1 Å². The third-order valence-electron chi connectivity index (χ3n) is 6.37. The molecule has 0 spiro atoms. The summed E-state index contributed by atoms with van der Waals surface area (Å²) in [6, 6.07) is 36.4. The third-order valence-corrected chi connectivity index (χ3v) is 6.37. The first-order valence-corrected chi connectivity index (χ1v) is 11.6. The molecular formula is C31H20N2O3. The molecule has 2 heterocycles. The topological polar surface area (TPSA) is 61.1 Å². The lowest BCUT2D eigenvalue weighted by Gasteiger charge is -2.04. The van der Waals surface area contributed by atoms with E-state index in [0.29, 0.717) is 33.9 Å². The number of ketones is 1. The molecule has 6 rings (SSSR count). The molecule has 0 N–H and O–H groups in total. The molecular weight excluding hydrogens is 448 g/mol. The minimum atomic E-state index is -0.582. The molecule has 0 unspecified atom stereocenters. The number of aromatic nitrogens is 2. The number of nitrogens with zero attached hydrogens (tertiary/aromatic N) is 2. The van der Waals surface area contributed by atoms with E-state index in [9.17, 15) is 14.4 Å². The maximum Gasteiger partial charge on any atom is 0.267 e. The molecule has 4 aliphatic rings. The fourth-order valence-electron chi connectivity index (χ4n) is 4.79. The highest BCUT2D eigenvalue weighted by atomic mass is 16.2. The van der Waals surface area contributed by atoms with Crippen molar-refractivity contribution in [3.8, 4) is 33.9 Å². The van der Waals surface area contributed by atoms with Crippen LogP contribution in [0.1, 0.15) is 15.9 Å². The van der Waals surface area contributed by atoms with Crippen LogP contribution >= 0.6 is 0 Å². The van der Waals surface area contributed by atoms with Crippen molar-refractivity contribution in [1.82, 2.24) is 9.13 Å². The van der Waals surface area contributed by atoms with Gasteiger partial charge < -0.3 is 0 Å².